The van der Waals surface area contributed by atoms with Crippen LogP contribution in [0.25, 0.3) is 23.0 Å². The Kier molecular flexibility index (Phi) is 6.64. The molecule has 0 radical (unpaired) electrons. The van der Waals surface area contributed by atoms with Crippen LogP contribution in [-0.4, -0.2) is 40.2 Å². The van der Waals surface area contributed by atoms with Gasteiger partial charge in [-0.15, -0.1) is 0 Å². The van der Waals surface area contributed by atoms with Crippen LogP contribution < -0.4 is 5.73 Å². The number of carbonyl (C=O) groups excluding carboxylic acids is 1. The van der Waals surface area contributed by atoms with Crippen molar-refractivity contribution in [1.29, 1.82) is 0 Å². The van der Waals surface area contributed by atoms with Gasteiger partial charge in [0.25, 0.3) is 0 Å². The molecule has 1 amide bonds. The first-order valence-corrected chi connectivity index (χ1v) is 11.3. The standard InChI is InChI=1S/C24H25IN4O/c25-22-21(16-19(24(26)30)17-28-14-8-3-9-15-28)27-29(20-12-6-2-7-13-20)23(22)18-10-4-1-5-11-18/h1-2,4-7,10-13,16H,3,8-9,14-15,17H2,(H2,26,30)/b19-16-. The van der Waals surface area contributed by atoms with E-state index in [4.69, 9.17) is 10.8 Å². The SMILES string of the molecule is NC(=O)/C(=C\c1nn(-c2ccccc2)c(-c2ccccc2)c1I)CN1CCCCC1. The molecular weight excluding hydrogens is 487 g/mol. The van der Waals surface area contributed by atoms with Crippen molar-refractivity contribution in [2.24, 2.45) is 5.73 Å². The Balaban J connectivity index is 1.78. The molecule has 0 bridgehead atoms. The lowest BCUT2D eigenvalue weighted by Crippen LogP contribution is -2.34. The molecule has 0 aliphatic carbocycles. The number of halogens is 1. The van der Waals surface area contributed by atoms with Gasteiger partial charge in [0.05, 0.1) is 15.0 Å². The topological polar surface area (TPSA) is 64.2 Å². The first-order chi connectivity index (χ1) is 14.6. The molecule has 0 saturated carbocycles. The number of hydrogen-bond donors (Lipinski definition) is 1. The van der Waals surface area contributed by atoms with Crippen molar-refractivity contribution in [3.8, 4) is 16.9 Å². The summed E-state index contributed by atoms with van der Waals surface area (Å²) in [6.07, 6.45) is 5.46. The van der Waals surface area contributed by atoms with Gasteiger partial charge < -0.3 is 5.73 Å². The molecule has 3 aromatic rings. The lowest BCUT2D eigenvalue weighted by Gasteiger charge is -2.26. The van der Waals surface area contributed by atoms with Crippen molar-refractivity contribution in [3.05, 3.63) is 75.5 Å². The second kappa shape index (κ2) is 9.57. The first kappa shape index (κ1) is 20.8. The van der Waals surface area contributed by atoms with E-state index in [0.29, 0.717) is 12.1 Å². The Morgan fingerprint density at radius 1 is 1.00 bits per heavy atom. The highest BCUT2D eigenvalue weighted by atomic mass is 127. The summed E-state index contributed by atoms with van der Waals surface area (Å²) in [5, 5.41) is 4.88. The normalized spacial score (nSPS) is 15.3. The van der Waals surface area contributed by atoms with Crippen molar-refractivity contribution in [3.63, 3.8) is 0 Å². The predicted octanol–water partition coefficient (Wildman–Crippen LogP) is 4.50. The van der Waals surface area contributed by atoms with Gasteiger partial charge in [-0.05, 0) is 66.7 Å². The van der Waals surface area contributed by atoms with Crippen molar-refractivity contribution < 1.29 is 4.79 Å². The van der Waals surface area contributed by atoms with Gasteiger partial charge in [0.1, 0.15) is 5.69 Å². The van der Waals surface area contributed by atoms with Crippen LogP contribution in [-0.2, 0) is 4.79 Å². The van der Waals surface area contributed by atoms with E-state index in [1.807, 2.05) is 59.3 Å². The molecule has 0 spiro atoms. The number of amides is 1. The van der Waals surface area contributed by atoms with E-state index in [-0.39, 0.29) is 5.91 Å². The smallest absolute Gasteiger partial charge is 0.246 e. The van der Waals surface area contributed by atoms with Crippen molar-refractivity contribution in [2.75, 3.05) is 19.6 Å². The summed E-state index contributed by atoms with van der Waals surface area (Å²) < 4.78 is 2.95. The van der Waals surface area contributed by atoms with Gasteiger partial charge in [0.2, 0.25) is 5.91 Å². The quantitative estimate of drug-likeness (QED) is 0.391. The number of carbonyl (C=O) groups is 1. The van der Waals surface area contributed by atoms with Gasteiger partial charge >= 0.3 is 0 Å². The van der Waals surface area contributed by atoms with Gasteiger partial charge in [0, 0.05) is 17.7 Å². The van der Waals surface area contributed by atoms with E-state index in [0.717, 1.165) is 39.3 Å². The van der Waals surface area contributed by atoms with Crippen molar-refractivity contribution in [1.82, 2.24) is 14.7 Å². The second-order valence-electron chi connectivity index (χ2n) is 7.53. The average molecular weight is 512 g/mol. The molecule has 6 heteroatoms. The molecule has 0 atom stereocenters. The van der Waals surface area contributed by atoms with E-state index < -0.39 is 0 Å². The molecule has 0 unspecified atom stereocenters. The Labute approximate surface area is 190 Å². The molecule has 1 aliphatic heterocycles. The van der Waals surface area contributed by atoms with Crippen LogP contribution in [0.4, 0.5) is 0 Å². The fourth-order valence-corrected chi connectivity index (χ4v) is 4.63. The zero-order valence-corrected chi connectivity index (χ0v) is 19.0. The van der Waals surface area contributed by atoms with Crippen LogP contribution in [0.2, 0.25) is 0 Å². The number of aromatic nitrogens is 2. The van der Waals surface area contributed by atoms with E-state index in [2.05, 4.69) is 39.6 Å². The molecule has 1 saturated heterocycles. The molecule has 1 fully saturated rings. The molecule has 2 heterocycles. The molecule has 154 valence electrons. The molecular formula is C24H25IN4O. The van der Waals surface area contributed by atoms with Crippen LogP contribution in [0.1, 0.15) is 25.0 Å². The van der Waals surface area contributed by atoms with Gasteiger partial charge in [-0.2, -0.15) is 5.10 Å². The highest BCUT2D eigenvalue weighted by Gasteiger charge is 2.20. The Hall–Kier alpha value is -2.45. The van der Waals surface area contributed by atoms with E-state index in [9.17, 15) is 4.79 Å². The molecule has 2 aromatic carbocycles. The summed E-state index contributed by atoms with van der Waals surface area (Å²) in [7, 11) is 0. The Morgan fingerprint density at radius 2 is 1.63 bits per heavy atom. The number of primary amides is 1. The van der Waals surface area contributed by atoms with Gasteiger partial charge in [-0.3, -0.25) is 9.69 Å². The first-order valence-electron chi connectivity index (χ1n) is 10.3. The third kappa shape index (κ3) is 4.65. The Morgan fingerprint density at radius 3 is 2.27 bits per heavy atom. The number of likely N-dealkylation sites (tertiary alicyclic amines) is 1. The molecule has 30 heavy (non-hydrogen) atoms. The molecule has 1 aromatic heterocycles. The lowest BCUT2D eigenvalue weighted by atomic mass is 10.1. The monoisotopic (exact) mass is 512 g/mol. The fourth-order valence-electron chi connectivity index (χ4n) is 3.83. The molecule has 2 N–H and O–H groups in total. The minimum absolute atomic E-state index is 0.383. The predicted molar refractivity (Wildman–Crippen MR) is 129 cm³/mol. The van der Waals surface area contributed by atoms with E-state index >= 15 is 0 Å². The van der Waals surface area contributed by atoms with E-state index in [1.165, 1.54) is 19.3 Å². The summed E-state index contributed by atoms with van der Waals surface area (Å²) in [6, 6.07) is 20.3. The number of nitrogens with two attached hydrogens (primary N) is 1. The number of para-hydroxylation sites is 1. The maximum absolute atomic E-state index is 12.2. The summed E-state index contributed by atoms with van der Waals surface area (Å²) in [6.45, 7) is 2.59. The van der Waals surface area contributed by atoms with Crippen LogP contribution in [0.5, 0.6) is 0 Å². The van der Waals surface area contributed by atoms with Crippen LogP contribution in [0.3, 0.4) is 0 Å². The number of rotatable bonds is 6. The minimum atomic E-state index is -0.383. The van der Waals surface area contributed by atoms with Gasteiger partial charge in [0.15, 0.2) is 0 Å². The van der Waals surface area contributed by atoms with Gasteiger partial charge in [-0.1, -0.05) is 55.0 Å². The maximum Gasteiger partial charge on any atom is 0.246 e. The highest BCUT2D eigenvalue weighted by molar-refractivity contribution is 14.1. The van der Waals surface area contributed by atoms with Gasteiger partial charge in [-0.25, -0.2) is 4.68 Å². The van der Waals surface area contributed by atoms with Crippen LogP contribution in [0, 0.1) is 3.57 Å². The highest BCUT2D eigenvalue weighted by Crippen LogP contribution is 2.31. The average Bonchev–Trinajstić information content (AvgIpc) is 3.11. The third-order valence-corrected chi connectivity index (χ3v) is 6.43. The van der Waals surface area contributed by atoms with Crippen molar-refractivity contribution in [2.45, 2.75) is 19.3 Å². The van der Waals surface area contributed by atoms with Crippen LogP contribution in [0.15, 0.2) is 66.2 Å². The fraction of sp³-hybridized carbons (Fsp3) is 0.250. The second-order valence-corrected chi connectivity index (χ2v) is 8.61. The zero-order valence-electron chi connectivity index (χ0n) is 16.8. The van der Waals surface area contributed by atoms with Crippen LogP contribution >= 0.6 is 22.6 Å². The summed E-state index contributed by atoms with van der Waals surface area (Å²) in [4.78, 5) is 14.5. The number of nitrogens with zero attached hydrogens (tertiary/aromatic N) is 3. The van der Waals surface area contributed by atoms with E-state index in [1.54, 1.807) is 0 Å². The minimum Gasteiger partial charge on any atom is -0.366 e. The van der Waals surface area contributed by atoms with Crippen molar-refractivity contribution >= 4 is 34.6 Å². The molecule has 4 rings (SSSR count). The Bertz CT molecular complexity index is 1040. The maximum atomic E-state index is 12.2. The zero-order chi connectivity index (χ0) is 20.9. The lowest BCUT2D eigenvalue weighted by molar-refractivity contribution is -0.114. The summed E-state index contributed by atoms with van der Waals surface area (Å²) >= 11 is 2.33. The summed E-state index contributed by atoms with van der Waals surface area (Å²) in [5.74, 6) is -0.383. The largest absolute Gasteiger partial charge is 0.366 e. The molecule has 5 nitrogen and oxygen atoms in total. The number of hydrogen-bond acceptors (Lipinski definition) is 3. The number of benzene rings is 2. The molecule has 1 aliphatic rings. The third-order valence-electron chi connectivity index (χ3n) is 5.37. The number of piperidine rings is 1. The summed E-state index contributed by atoms with van der Waals surface area (Å²) in [5.41, 5.74) is 10.2.